The minimum absolute atomic E-state index is 0.000493. The minimum Gasteiger partial charge on any atom is -0.494 e. The van der Waals surface area contributed by atoms with E-state index in [-0.39, 0.29) is 53.7 Å². The average Bonchev–Trinajstić information content (AvgIpc) is 1.27. The molecule has 6 rings (SSSR count). The number of carbonyl (C=O) groups excluding carboxylic acids is 3. The molecule has 0 saturated heterocycles. The second-order valence-corrected chi connectivity index (χ2v) is 28.3. The van der Waals surface area contributed by atoms with Gasteiger partial charge in [-0.3, -0.25) is 54.1 Å². The Morgan fingerprint density at radius 2 is 0.708 bits per heavy atom. The summed E-state index contributed by atoms with van der Waals surface area (Å²) in [5, 5.41) is 58.6. The summed E-state index contributed by atoms with van der Waals surface area (Å²) in [6.45, 7) is 29.0. The molecule has 0 N–H and O–H groups in total. The lowest BCUT2D eigenvalue weighted by atomic mass is 9.89. The first-order valence-corrected chi connectivity index (χ1v) is 33.9. The summed E-state index contributed by atoms with van der Waals surface area (Å²) in [7, 11) is 0. The van der Waals surface area contributed by atoms with Gasteiger partial charge in [-0.15, -0.1) is 15.3 Å². The van der Waals surface area contributed by atoms with E-state index in [9.17, 15) is 44.7 Å². The van der Waals surface area contributed by atoms with E-state index in [1.54, 1.807) is 28.9 Å². The van der Waals surface area contributed by atoms with Crippen LogP contribution in [0.2, 0.25) is 0 Å². The zero-order valence-electron chi connectivity index (χ0n) is 59.1. The second-order valence-electron chi connectivity index (χ2n) is 28.3. The highest BCUT2D eigenvalue weighted by Gasteiger charge is 2.20. The van der Waals surface area contributed by atoms with E-state index in [4.69, 9.17) is 18.9 Å². The van der Waals surface area contributed by atoms with Crippen LogP contribution in [0.3, 0.4) is 0 Å². The van der Waals surface area contributed by atoms with E-state index in [2.05, 4.69) is 99.4 Å². The first-order chi connectivity index (χ1) is 45.4. The molecule has 25 heteroatoms. The van der Waals surface area contributed by atoms with Crippen LogP contribution in [-0.2, 0) is 77.3 Å². The zero-order chi connectivity index (χ0) is 70.7. The maximum Gasteiger partial charge on any atom is 0.273 e. The lowest BCUT2D eigenvalue weighted by Crippen LogP contribution is -2.12. The standard InChI is InChI=1S/C25H38N4O4.C23H34N4O5.C23H34N4O4/c1-20(30)17-21-18-23(12-13-24(21)29(31)32)33-16-10-6-5-9-15-28-19-22(26-27-28)11-7-8-14-25(2,3)4;1-18(28)15-19-16-21(8-9-22(19)27(29)30)32-14-13-31-12-11-26-17-20(24-25-26)7-5-6-10-23(2,3)4;1-18(28)15-19-16-21(10-11-22(19)27(29)30)31-14-8-7-13-26-17-20(24-25-26)9-5-6-12-23(2,3)4/h12-13,18-19H,5-11,14-17H2,1-4H3;8-9,16-17H,5-7,10-15H2,1-4H3;10-11,16-17H,5-9,12-15H2,1-4H3. The summed E-state index contributed by atoms with van der Waals surface area (Å²) in [4.78, 5) is 66.0. The number of ether oxygens (including phenoxy) is 4. The topological polar surface area (TPSA) is 310 Å². The number of nitro groups is 3. The molecule has 0 spiro atoms. The van der Waals surface area contributed by atoms with Gasteiger partial charge < -0.3 is 18.9 Å². The summed E-state index contributed by atoms with van der Waals surface area (Å²) in [6, 6.07) is 13.6. The van der Waals surface area contributed by atoms with Gasteiger partial charge in [0.1, 0.15) is 41.2 Å². The number of nitro benzene ring substituents is 3. The molecule has 3 aromatic heterocycles. The molecular weight excluding hydrogens is 1230 g/mol. The highest BCUT2D eigenvalue weighted by molar-refractivity contribution is 5.80. The molecule has 0 atom stereocenters. The quantitative estimate of drug-likeness (QED) is 0.0195. The van der Waals surface area contributed by atoms with E-state index in [0.29, 0.717) is 89.8 Å². The fourth-order valence-corrected chi connectivity index (χ4v) is 10.3. The second kappa shape index (κ2) is 41.6. The van der Waals surface area contributed by atoms with Crippen LogP contribution in [-0.4, -0.2) is 110 Å². The molecule has 0 amide bonds. The van der Waals surface area contributed by atoms with E-state index < -0.39 is 14.8 Å². The van der Waals surface area contributed by atoms with Crippen molar-refractivity contribution in [2.75, 3.05) is 33.0 Å². The van der Waals surface area contributed by atoms with Gasteiger partial charge in [0.15, 0.2) is 0 Å². The van der Waals surface area contributed by atoms with Gasteiger partial charge in [0.25, 0.3) is 17.1 Å². The summed E-state index contributed by atoms with van der Waals surface area (Å²) in [5.41, 5.74) is 5.20. The maximum absolute atomic E-state index is 11.4. The number of aromatic nitrogens is 9. The fraction of sp³-hybridized carbons (Fsp3) is 0.620. The molecule has 0 saturated carbocycles. The lowest BCUT2D eigenvalue weighted by molar-refractivity contribution is -0.385. The molecule has 3 heterocycles. The van der Waals surface area contributed by atoms with Crippen molar-refractivity contribution in [3.8, 4) is 17.2 Å². The fourth-order valence-electron chi connectivity index (χ4n) is 10.3. The van der Waals surface area contributed by atoms with Crippen LogP contribution in [0.4, 0.5) is 17.1 Å². The number of aryl methyl sites for hydroxylation is 5. The third-order valence-electron chi connectivity index (χ3n) is 15.2. The van der Waals surface area contributed by atoms with Crippen LogP contribution in [0, 0.1) is 46.6 Å². The monoisotopic (exact) mass is 1330 g/mol. The Hall–Kier alpha value is -8.35. The largest absolute Gasteiger partial charge is 0.494 e. The molecule has 0 bridgehead atoms. The van der Waals surface area contributed by atoms with E-state index in [1.165, 1.54) is 89.6 Å². The summed E-state index contributed by atoms with van der Waals surface area (Å²) < 4.78 is 28.2. The third-order valence-corrected chi connectivity index (χ3v) is 15.2. The van der Waals surface area contributed by atoms with Crippen molar-refractivity contribution in [3.63, 3.8) is 0 Å². The number of nitrogens with zero attached hydrogens (tertiary/aromatic N) is 12. The molecule has 528 valence electrons. The summed E-state index contributed by atoms with van der Waals surface area (Å²) in [5.74, 6) is 1.20. The first kappa shape index (κ1) is 80.1. The number of rotatable bonds is 42. The van der Waals surface area contributed by atoms with Crippen LogP contribution < -0.4 is 14.2 Å². The number of carbonyl (C=O) groups is 3. The third kappa shape index (κ3) is 34.9. The number of Topliss-reactive ketones (excluding diaryl/α,β-unsaturated/α-hetero) is 3. The Labute approximate surface area is 566 Å². The normalized spacial score (nSPS) is 11.5. The van der Waals surface area contributed by atoms with Crippen molar-refractivity contribution in [2.45, 2.75) is 238 Å². The number of benzene rings is 3. The van der Waals surface area contributed by atoms with Crippen LogP contribution in [0.15, 0.2) is 73.2 Å². The van der Waals surface area contributed by atoms with Gasteiger partial charge in [0, 0.05) is 85.8 Å². The Morgan fingerprint density at radius 1 is 0.396 bits per heavy atom. The van der Waals surface area contributed by atoms with Gasteiger partial charge in [0.2, 0.25) is 0 Å². The predicted molar refractivity (Wildman–Crippen MR) is 369 cm³/mol. The molecule has 0 unspecified atom stereocenters. The van der Waals surface area contributed by atoms with E-state index in [1.807, 2.05) is 21.8 Å². The van der Waals surface area contributed by atoms with Gasteiger partial charge in [-0.1, -0.05) is 104 Å². The summed E-state index contributed by atoms with van der Waals surface area (Å²) in [6.07, 6.45) is 25.4. The first-order valence-electron chi connectivity index (χ1n) is 33.9. The van der Waals surface area contributed by atoms with Gasteiger partial charge in [0.05, 0.1) is 64.8 Å². The van der Waals surface area contributed by atoms with Crippen LogP contribution in [0.5, 0.6) is 17.2 Å². The van der Waals surface area contributed by atoms with Gasteiger partial charge >= 0.3 is 0 Å². The Bertz CT molecular complexity index is 3350. The molecular formula is C71H106N12O13. The van der Waals surface area contributed by atoms with E-state index in [0.717, 1.165) is 107 Å². The molecule has 0 aliphatic carbocycles. The molecule has 25 nitrogen and oxygen atoms in total. The Balaban J connectivity index is 0.000000306. The highest BCUT2D eigenvalue weighted by atomic mass is 16.6. The van der Waals surface area contributed by atoms with Gasteiger partial charge in [-0.25, -0.2) is 4.68 Å². The minimum atomic E-state index is -0.493. The molecule has 6 aromatic rings. The van der Waals surface area contributed by atoms with Gasteiger partial charge in [-0.2, -0.15) is 0 Å². The molecule has 3 aromatic carbocycles. The highest BCUT2D eigenvalue weighted by Crippen LogP contribution is 2.29. The van der Waals surface area contributed by atoms with Crippen molar-refractivity contribution in [2.24, 2.45) is 16.2 Å². The maximum atomic E-state index is 11.4. The Kier molecular flexibility index (Phi) is 34.7. The zero-order valence-corrected chi connectivity index (χ0v) is 59.1. The molecule has 0 fully saturated rings. The molecule has 0 aliphatic heterocycles. The number of unbranched alkanes of at least 4 members (excludes halogenated alkanes) is 7. The molecule has 0 aliphatic rings. The van der Waals surface area contributed by atoms with E-state index >= 15 is 0 Å². The van der Waals surface area contributed by atoms with Crippen LogP contribution in [0.1, 0.15) is 213 Å². The number of ketones is 3. The smallest absolute Gasteiger partial charge is 0.273 e. The Morgan fingerprint density at radius 3 is 1.04 bits per heavy atom. The van der Waals surface area contributed by atoms with Crippen molar-refractivity contribution in [1.29, 1.82) is 0 Å². The lowest BCUT2D eigenvalue weighted by Gasteiger charge is -2.17. The summed E-state index contributed by atoms with van der Waals surface area (Å²) >= 11 is 0. The van der Waals surface area contributed by atoms with Crippen LogP contribution in [0.25, 0.3) is 0 Å². The molecule has 0 radical (unpaired) electrons. The van der Waals surface area contributed by atoms with Crippen LogP contribution >= 0.6 is 0 Å². The molecule has 96 heavy (non-hydrogen) atoms. The SMILES string of the molecule is CC(=O)Cc1cc(OCCCCCCn2cc(CCCCC(C)(C)C)nn2)ccc1[N+](=O)[O-].CC(=O)Cc1cc(OCCCCn2cc(CCCCC(C)(C)C)nn2)ccc1[N+](=O)[O-].CC(=O)Cc1cc(OCCOCCn2cc(CCCCC(C)(C)C)nn2)ccc1[N+](=O)[O-]. The van der Waals surface area contributed by atoms with Crippen molar-refractivity contribution < 1.29 is 48.1 Å². The van der Waals surface area contributed by atoms with Crippen molar-refractivity contribution in [3.05, 3.63) is 137 Å². The number of hydrogen-bond acceptors (Lipinski definition) is 19. The van der Waals surface area contributed by atoms with Crippen molar-refractivity contribution >= 4 is 34.4 Å². The van der Waals surface area contributed by atoms with Gasteiger partial charge in [-0.05, 0) is 163 Å². The predicted octanol–water partition coefficient (Wildman–Crippen LogP) is 14.8. The number of hydrogen-bond donors (Lipinski definition) is 0. The average molecular weight is 1340 g/mol. The van der Waals surface area contributed by atoms with Crippen molar-refractivity contribution in [1.82, 2.24) is 45.0 Å².